The monoisotopic (exact) mass is 723 g/mol. The molecule has 11 nitrogen and oxygen atoms in total. The van der Waals surface area contributed by atoms with Gasteiger partial charge in [0, 0.05) is 40.1 Å². The molecule has 7 heterocycles. The topological polar surface area (TPSA) is 131 Å². The zero-order valence-electron chi connectivity index (χ0n) is 27.8. The number of fused-ring (bicyclic) bond motifs is 2. The molecule has 3 fully saturated rings. The number of hydrogen-bond donors (Lipinski definition) is 2. The van der Waals surface area contributed by atoms with Gasteiger partial charge in [-0.3, -0.25) is 10.00 Å². The number of aromatic nitrogens is 6. The number of benzene rings is 1. The predicted molar refractivity (Wildman–Crippen MR) is 182 cm³/mol. The first-order valence-electron chi connectivity index (χ1n) is 17.1. The first-order valence-corrected chi connectivity index (χ1v) is 17.4. The standard InChI is InChI=1S/C35H34ClF4N9O2/c1-16-14-50-32-25-29(27(39)28(44-32)24-21-12-43-47-23(21)9-22(36)26(24)35(40)5-6-35)45-33(51-15-34-4-3-7-48(34)13-19(38)10-34)46-31(25)49(16)17(2)20-8-18(37)11-42-30(20)41/h8-9,11-12,16-17,19H,3-7,10,13-15H2,1-2H3,(H2,41,42)(H,43,47)/t16-,17+,19+,34-/m0/s1. The van der Waals surface area contributed by atoms with Gasteiger partial charge in [-0.15, -0.1) is 0 Å². The third kappa shape index (κ3) is 5.06. The van der Waals surface area contributed by atoms with Gasteiger partial charge in [-0.1, -0.05) is 11.6 Å². The maximum absolute atomic E-state index is 17.4. The minimum absolute atomic E-state index is 0.0118. The molecule has 0 radical (unpaired) electrons. The third-order valence-corrected chi connectivity index (χ3v) is 11.3. The number of nitrogens with zero attached hydrogens (tertiary/aromatic N) is 7. The molecule has 0 spiro atoms. The van der Waals surface area contributed by atoms with E-state index in [0.29, 0.717) is 29.4 Å². The second-order valence-corrected chi connectivity index (χ2v) is 14.7. The minimum Gasteiger partial charge on any atom is -0.475 e. The van der Waals surface area contributed by atoms with Crippen LogP contribution < -0.4 is 20.1 Å². The molecule has 4 aromatic heterocycles. The van der Waals surface area contributed by atoms with Crippen LogP contribution in [0, 0.1) is 11.6 Å². The summed E-state index contributed by atoms with van der Waals surface area (Å²) in [6.07, 6.45) is 3.91. The lowest BCUT2D eigenvalue weighted by Crippen LogP contribution is -2.43. The van der Waals surface area contributed by atoms with E-state index in [4.69, 9.17) is 36.8 Å². The van der Waals surface area contributed by atoms with Gasteiger partial charge in [0.1, 0.15) is 59.1 Å². The zero-order valence-corrected chi connectivity index (χ0v) is 28.6. The van der Waals surface area contributed by atoms with Gasteiger partial charge in [0.2, 0.25) is 5.88 Å². The molecule has 51 heavy (non-hydrogen) atoms. The highest BCUT2D eigenvalue weighted by molar-refractivity contribution is 6.33. The van der Waals surface area contributed by atoms with Gasteiger partial charge in [-0.2, -0.15) is 15.1 Å². The van der Waals surface area contributed by atoms with Gasteiger partial charge in [0.05, 0.1) is 35.5 Å². The van der Waals surface area contributed by atoms with Crippen molar-refractivity contribution in [1.29, 1.82) is 0 Å². The number of rotatable bonds is 7. The number of halogens is 5. The number of ether oxygens (including phenoxy) is 2. The van der Waals surface area contributed by atoms with E-state index < -0.39 is 41.1 Å². The maximum atomic E-state index is 17.4. The van der Waals surface area contributed by atoms with Gasteiger partial charge < -0.3 is 20.1 Å². The van der Waals surface area contributed by atoms with Gasteiger partial charge in [-0.05, 0) is 58.2 Å². The molecule has 0 bridgehead atoms. The number of anilines is 2. The molecule has 0 amide bonds. The van der Waals surface area contributed by atoms with Gasteiger partial charge >= 0.3 is 6.01 Å². The highest BCUT2D eigenvalue weighted by Crippen LogP contribution is 2.57. The maximum Gasteiger partial charge on any atom is 0.319 e. The molecule has 16 heteroatoms. The lowest BCUT2D eigenvalue weighted by atomic mass is 9.94. The Balaban J connectivity index is 1.27. The Labute approximate surface area is 294 Å². The first-order chi connectivity index (χ1) is 24.5. The summed E-state index contributed by atoms with van der Waals surface area (Å²) in [6.45, 7) is 4.90. The van der Waals surface area contributed by atoms with Crippen molar-refractivity contribution in [1.82, 2.24) is 35.0 Å². The van der Waals surface area contributed by atoms with Crippen LogP contribution in [0.1, 0.15) is 63.1 Å². The lowest BCUT2D eigenvalue weighted by molar-refractivity contribution is 0.107. The summed E-state index contributed by atoms with van der Waals surface area (Å²) in [5.41, 5.74) is 4.65. The molecule has 9 rings (SSSR count). The smallest absolute Gasteiger partial charge is 0.319 e. The van der Waals surface area contributed by atoms with Crippen molar-refractivity contribution in [3.05, 3.63) is 52.3 Å². The fourth-order valence-corrected chi connectivity index (χ4v) is 8.75. The SMILES string of the molecule is C[C@H](c1cc(F)cnc1N)N1c2nc(OC[C@@]34CCCN3C[C@H](F)C4)nc3c(F)c(-c4c(C5(F)CC5)c(Cl)cc5[nH]ncc45)nc(c23)OC[C@@H]1C. The number of nitrogens with two attached hydrogens (primary N) is 1. The van der Waals surface area contributed by atoms with Crippen LogP contribution >= 0.6 is 11.6 Å². The number of H-pyrrole nitrogens is 1. The summed E-state index contributed by atoms with van der Waals surface area (Å²) in [5, 5.41) is 7.64. The van der Waals surface area contributed by atoms with Gasteiger partial charge in [0.15, 0.2) is 5.82 Å². The number of alkyl halides is 2. The second kappa shape index (κ2) is 11.5. The Hall–Kier alpha value is -4.50. The van der Waals surface area contributed by atoms with Gasteiger partial charge in [-0.25, -0.2) is 27.5 Å². The summed E-state index contributed by atoms with van der Waals surface area (Å²) in [6, 6.07) is 1.65. The van der Waals surface area contributed by atoms with E-state index in [1.807, 2.05) is 11.8 Å². The van der Waals surface area contributed by atoms with Crippen molar-refractivity contribution in [3.8, 4) is 23.1 Å². The van der Waals surface area contributed by atoms with E-state index in [1.165, 1.54) is 12.3 Å². The van der Waals surface area contributed by atoms with Gasteiger partial charge in [0.25, 0.3) is 0 Å². The minimum atomic E-state index is -1.78. The largest absolute Gasteiger partial charge is 0.475 e. The van der Waals surface area contributed by atoms with Crippen molar-refractivity contribution < 1.29 is 27.0 Å². The number of hydrogen-bond acceptors (Lipinski definition) is 10. The molecule has 0 unspecified atom stereocenters. The highest BCUT2D eigenvalue weighted by Gasteiger charge is 2.50. The Kier molecular flexibility index (Phi) is 7.31. The van der Waals surface area contributed by atoms with E-state index in [2.05, 4.69) is 25.1 Å². The Morgan fingerprint density at radius 3 is 2.80 bits per heavy atom. The van der Waals surface area contributed by atoms with E-state index in [-0.39, 0.29) is 82.3 Å². The molecular formula is C35H34ClF4N9O2. The van der Waals surface area contributed by atoms with Crippen LogP contribution in [0.25, 0.3) is 33.1 Å². The molecule has 3 aliphatic heterocycles. The molecule has 4 aliphatic rings. The van der Waals surface area contributed by atoms with E-state index >= 15 is 8.78 Å². The number of aromatic amines is 1. The van der Waals surface area contributed by atoms with Crippen LogP contribution in [0.3, 0.4) is 0 Å². The highest BCUT2D eigenvalue weighted by atomic mass is 35.5. The Bertz CT molecular complexity index is 2240. The lowest BCUT2D eigenvalue weighted by Gasteiger charge is -2.35. The van der Waals surface area contributed by atoms with Crippen LogP contribution in [0.4, 0.5) is 29.2 Å². The summed E-state index contributed by atoms with van der Waals surface area (Å²) in [5.74, 6) is -1.11. The molecule has 1 aliphatic carbocycles. The molecule has 1 saturated carbocycles. The van der Waals surface area contributed by atoms with Crippen LogP contribution in [0.15, 0.2) is 24.5 Å². The molecule has 4 atom stereocenters. The Morgan fingerprint density at radius 2 is 2.00 bits per heavy atom. The number of nitrogen functional groups attached to an aromatic ring is 1. The first kappa shape index (κ1) is 32.4. The Morgan fingerprint density at radius 1 is 1.18 bits per heavy atom. The van der Waals surface area contributed by atoms with E-state index in [9.17, 15) is 8.78 Å². The average molecular weight is 724 g/mol. The fraction of sp³-hybridized carbons (Fsp3) is 0.457. The van der Waals surface area contributed by atoms with Crippen molar-refractivity contribution in [3.63, 3.8) is 0 Å². The molecular weight excluding hydrogens is 690 g/mol. The van der Waals surface area contributed by atoms with Crippen LogP contribution in [-0.4, -0.2) is 79.1 Å². The third-order valence-electron chi connectivity index (χ3n) is 11.0. The molecule has 266 valence electrons. The van der Waals surface area contributed by atoms with E-state index in [1.54, 1.807) is 13.0 Å². The van der Waals surface area contributed by atoms with Crippen molar-refractivity contribution >= 4 is 45.0 Å². The summed E-state index contributed by atoms with van der Waals surface area (Å²) < 4.78 is 75.2. The van der Waals surface area contributed by atoms with Crippen molar-refractivity contribution in [2.24, 2.45) is 0 Å². The normalized spacial score (nSPS) is 24.5. The summed E-state index contributed by atoms with van der Waals surface area (Å²) >= 11 is 6.69. The predicted octanol–water partition coefficient (Wildman–Crippen LogP) is 6.74. The summed E-state index contributed by atoms with van der Waals surface area (Å²) in [4.78, 5) is 22.1. The quantitative estimate of drug-likeness (QED) is 0.174. The number of pyridine rings is 2. The summed E-state index contributed by atoms with van der Waals surface area (Å²) in [7, 11) is 0. The van der Waals surface area contributed by atoms with Crippen molar-refractivity contribution in [2.45, 2.75) is 75.4 Å². The molecule has 3 N–H and O–H groups in total. The molecule has 2 saturated heterocycles. The molecule has 5 aromatic rings. The second-order valence-electron chi connectivity index (χ2n) is 14.3. The van der Waals surface area contributed by atoms with E-state index in [0.717, 1.165) is 25.6 Å². The number of nitrogens with one attached hydrogen (secondary N) is 1. The average Bonchev–Trinajstić information content (AvgIpc) is 3.37. The van der Waals surface area contributed by atoms with Crippen LogP contribution in [0.5, 0.6) is 11.9 Å². The van der Waals surface area contributed by atoms with Crippen molar-refractivity contribution in [2.75, 3.05) is 36.9 Å². The van der Waals surface area contributed by atoms with Crippen LogP contribution in [-0.2, 0) is 5.67 Å². The zero-order chi connectivity index (χ0) is 35.4. The molecule has 1 aromatic carbocycles. The van der Waals surface area contributed by atoms with Crippen LogP contribution in [0.2, 0.25) is 5.02 Å². The fourth-order valence-electron chi connectivity index (χ4n) is 8.38.